The minimum Gasteiger partial charge on any atom is -0.396 e. The summed E-state index contributed by atoms with van der Waals surface area (Å²) in [4.78, 5) is 0. The summed E-state index contributed by atoms with van der Waals surface area (Å²) in [6.45, 7) is 1.87. The van der Waals surface area contributed by atoms with Crippen molar-refractivity contribution in [2.24, 2.45) is 0 Å². The molecule has 118 valence electrons. The van der Waals surface area contributed by atoms with Crippen LogP contribution in [0.2, 0.25) is 0 Å². The third-order valence-corrected chi connectivity index (χ3v) is 3.83. The Labute approximate surface area is 146 Å². The number of hydrogen-bond donors (Lipinski definition) is 2. The Morgan fingerprint density at radius 2 is 1.43 bits per heavy atom. The first-order chi connectivity index (χ1) is 10.8. The summed E-state index contributed by atoms with van der Waals surface area (Å²) in [7, 11) is 0. The van der Waals surface area contributed by atoms with Crippen molar-refractivity contribution in [3.05, 3.63) is 56.2 Å². The van der Waals surface area contributed by atoms with Crippen LogP contribution in [0.25, 0.3) is 0 Å². The van der Waals surface area contributed by atoms with Crippen LogP contribution in [-0.2, 0) is 6.42 Å². The molecule has 0 aromatic heterocycles. The largest absolute Gasteiger partial charge is 0.396 e. The van der Waals surface area contributed by atoms with Crippen molar-refractivity contribution >= 4 is 34.0 Å². The fraction of sp³-hybridized carbons (Fsp3) is 0.125. The van der Waals surface area contributed by atoms with Gasteiger partial charge in [0.05, 0.1) is 34.6 Å². The van der Waals surface area contributed by atoms with Crippen molar-refractivity contribution < 1.29 is 8.78 Å². The summed E-state index contributed by atoms with van der Waals surface area (Å²) >= 11 is 1.88. The maximum Gasteiger partial charge on any atom is 0.148 e. The van der Waals surface area contributed by atoms with E-state index in [-0.39, 0.29) is 11.4 Å². The van der Waals surface area contributed by atoms with Gasteiger partial charge in [-0.15, -0.1) is 0 Å². The Morgan fingerprint density at radius 1 is 0.957 bits per heavy atom. The third kappa shape index (κ3) is 4.80. The fourth-order valence-electron chi connectivity index (χ4n) is 1.68. The van der Waals surface area contributed by atoms with Gasteiger partial charge in [-0.1, -0.05) is 6.92 Å². The molecular formula is C16H13F2IN4. The second kappa shape index (κ2) is 8.30. The summed E-state index contributed by atoms with van der Waals surface area (Å²) in [6, 6.07) is 9.13. The van der Waals surface area contributed by atoms with Crippen LogP contribution in [-0.4, -0.2) is 0 Å². The highest BCUT2D eigenvalue weighted by molar-refractivity contribution is 14.1. The Morgan fingerprint density at radius 3 is 1.87 bits per heavy atom. The number of halogens is 3. The van der Waals surface area contributed by atoms with E-state index in [1.54, 1.807) is 12.1 Å². The summed E-state index contributed by atoms with van der Waals surface area (Å²) in [5, 5.41) is 16.9. The standard InChI is InChI=1S/C9H9FN2.C7H4FIN2/c1-2-7-3-6(5-11)4-8(10)9(7)12;8-5-1-4(3-10)2-6(9)7(5)11/h3-4H,2,12H2,1H3;1-2H,11H2. The van der Waals surface area contributed by atoms with Gasteiger partial charge >= 0.3 is 0 Å². The van der Waals surface area contributed by atoms with Crippen LogP contribution in [0.15, 0.2) is 24.3 Å². The molecule has 0 aliphatic heterocycles. The minimum absolute atomic E-state index is 0.101. The zero-order chi connectivity index (χ0) is 17.6. The van der Waals surface area contributed by atoms with Crippen LogP contribution in [0.3, 0.4) is 0 Å². The van der Waals surface area contributed by atoms with E-state index in [2.05, 4.69) is 0 Å². The molecule has 0 saturated carbocycles. The van der Waals surface area contributed by atoms with E-state index in [1.165, 1.54) is 0 Å². The number of rotatable bonds is 1. The maximum atomic E-state index is 12.9. The first-order valence-electron chi connectivity index (χ1n) is 6.46. The molecule has 0 atom stereocenters. The number of nitrogen functional groups attached to an aromatic ring is 2. The monoisotopic (exact) mass is 426 g/mol. The van der Waals surface area contributed by atoms with Gasteiger partial charge in [-0.3, -0.25) is 0 Å². The molecule has 0 aliphatic rings. The van der Waals surface area contributed by atoms with E-state index >= 15 is 0 Å². The molecule has 23 heavy (non-hydrogen) atoms. The van der Waals surface area contributed by atoms with E-state index < -0.39 is 11.6 Å². The smallest absolute Gasteiger partial charge is 0.148 e. The van der Waals surface area contributed by atoms with Crippen LogP contribution >= 0.6 is 22.6 Å². The van der Waals surface area contributed by atoms with Crippen LogP contribution in [0, 0.1) is 37.9 Å². The summed E-state index contributed by atoms with van der Waals surface area (Å²) in [6.07, 6.45) is 0.637. The number of anilines is 2. The van der Waals surface area contributed by atoms with Crippen molar-refractivity contribution in [1.29, 1.82) is 10.5 Å². The molecule has 0 radical (unpaired) electrons. The lowest BCUT2D eigenvalue weighted by molar-refractivity contribution is 0.630. The van der Waals surface area contributed by atoms with Gasteiger partial charge in [0.15, 0.2) is 0 Å². The SMILES string of the molecule is CCc1cc(C#N)cc(F)c1N.N#Cc1cc(F)c(N)c(I)c1. The van der Waals surface area contributed by atoms with E-state index in [9.17, 15) is 8.78 Å². The molecule has 7 heteroatoms. The molecule has 0 spiro atoms. The second-order valence-corrected chi connectivity index (χ2v) is 5.62. The molecule has 2 rings (SSSR count). The van der Waals surface area contributed by atoms with Crippen LogP contribution < -0.4 is 11.5 Å². The molecule has 0 fully saturated rings. The van der Waals surface area contributed by atoms with Crippen molar-refractivity contribution in [3.63, 3.8) is 0 Å². The summed E-state index contributed by atoms with van der Waals surface area (Å²) in [5.41, 5.74) is 12.3. The van der Waals surface area contributed by atoms with Gasteiger partial charge in [-0.25, -0.2) is 8.78 Å². The number of aryl methyl sites for hydroxylation is 1. The molecule has 0 heterocycles. The molecule has 0 bridgehead atoms. The average Bonchev–Trinajstić information content (AvgIpc) is 2.55. The topological polar surface area (TPSA) is 99.6 Å². The number of nitrogens with two attached hydrogens (primary N) is 2. The van der Waals surface area contributed by atoms with E-state index in [0.29, 0.717) is 26.7 Å². The van der Waals surface area contributed by atoms with Crippen LogP contribution in [0.1, 0.15) is 23.6 Å². The number of benzene rings is 2. The Hall–Kier alpha value is -2.39. The molecule has 4 nitrogen and oxygen atoms in total. The van der Waals surface area contributed by atoms with E-state index in [0.717, 1.165) is 12.1 Å². The third-order valence-electron chi connectivity index (χ3n) is 2.93. The zero-order valence-electron chi connectivity index (χ0n) is 12.2. The predicted octanol–water partition coefficient (Wildman–Crippen LogP) is 3.73. The zero-order valence-corrected chi connectivity index (χ0v) is 14.4. The Kier molecular flexibility index (Phi) is 6.73. The maximum absolute atomic E-state index is 12.9. The second-order valence-electron chi connectivity index (χ2n) is 4.46. The molecule has 2 aromatic carbocycles. The van der Waals surface area contributed by atoms with Crippen molar-refractivity contribution in [1.82, 2.24) is 0 Å². The molecular weight excluding hydrogens is 413 g/mol. The molecule has 0 amide bonds. The van der Waals surface area contributed by atoms with Gasteiger partial charge in [0, 0.05) is 3.57 Å². The van der Waals surface area contributed by atoms with E-state index in [1.807, 2.05) is 41.7 Å². The quantitative estimate of drug-likeness (QED) is 0.536. The summed E-state index contributed by atoms with van der Waals surface area (Å²) < 4.78 is 26.3. The minimum atomic E-state index is -0.534. The van der Waals surface area contributed by atoms with E-state index in [4.69, 9.17) is 22.0 Å². The fourth-order valence-corrected chi connectivity index (χ4v) is 2.27. The average molecular weight is 426 g/mol. The molecule has 2 aromatic rings. The van der Waals surface area contributed by atoms with Crippen molar-refractivity contribution in [2.45, 2.75) is 13.3 Å². The van der Waals surface area contributed by atoms with Crippen molar-refractivity contribution in [2.75, 3.05) is 11.5 Å². The van der Waals surface area contributed by atoms with Gasteiger partial charge in [0.25, 0.3) is 0 Å². The summed E-state index contributed by atoms with van der Waals surface area (Å²) in [5.74, 6) is -1.04. The first-order valence-corrected chi connectivity index (χ1v) is 7.54. The highest BCUT2D eigenvalue weighted by Crippen LogP contribution is 2.20. The van der Waals surface area contributed by atoms with Gasteiger partial charge < -0.3 is 11.5 Å². The highest BCUT2D eigenvalue weighted by Gasteiger charge is 2.05. The normalized spacial score (nSPS) is 9.30. The van der Waals surface area contributed by atoms with Crippen molar-refractivity contribution in [3.8, 4) is 12.1 Å². The van der Waals surface area contributed by atoms with Crippen LogP contribution in [0.4, 0.5) is 20.2 Å². The van der Waals surface area contributed by atoms with Gasteiger partial charge in [0.1, 0.15) is 11.6 Å². The molecule has 0 aliphatic carbocycles. The van der Waals surface area contributed by atoms with Crippen LogP contribution in [0.5, 0.6) is 0 Å². The lowest BCUT2D eigenvalue weighted by atomic mass is 10.1. The number of nitriles is 2. The molecule has 4 N–H and O–H groups in total. The molecule has 0 saturated heterocycles. The molecule has 0 unspecified atom stereocenters. The van der Waals surface area contributed by atoms with Gasteiger partial charge in [0.2, 0.25) is 0 Å². The first kappa shape index (κ1) is 18.7. The highest BCUT2D eigenvalue weighted by atomic mass is 127. The Bertz CT molecular complexity index is 784. The lowest BCUT2D eigenvalue weighted by Crippen LogP contribution is -1.97. The number of hydrogen-bond acceptors (Lipinski definition) is 4. The number of nitrogens with zero attached hydrogens (tertiary/aromatic N) is 2. The predicted molar refractivity (Wildman–Crippen MR) is 93.1 cm³/mol. The Balaban J connectivity index is 0.000000231. The van der Waals surface area contributed by atoms with Gasteiger partial charge in [-0.05, 0) is 58.8 Å². The van der Waals surface area contributed by atoms with Gasteiger partial charge in [-0.2, -0.15) is 10.5 Å². The lowest BCUT2D eigenvalue weighted by Gasteiger charge is -2.03.